The van der Waals surface area contributed by atoms with Gasteiger partial charge in [-0.2, -0.15) is 0 Å². The van der Waals surface area contributed by atoms with E-state index in [1.807, 2.05) is 31.4 Å². The third-order valence-electron chi connectivity index (χ3n) is 4.98. The van der Waals surface area contributed by atoms with Crippen LogP contribution in [0.4, 0.5) is 0 Å². The van der Waals surface area contributed by atoms with E-state index in [2.05, 4.69) is 30.3 Å². The van der Waals surface area contributed by atoms with Gasteiger partial charge in [0.1, 0.15) is 6.04 Å². The molecule has 1 saturated carbocycles. The standard InChI is InChI=1S/C25H32N2O2S/c1-5-11-20(6-2)15-16-23(28)27(18-19(3)4)24(22-14-10-17-30-22)25(29)26-21-12-8-7-9-13-21/h5-6,10-11,14,17,19,21,24H,1-2,7-9,12-13,18H2,3-4H3,(H,26,29)/b20-11+. The van der Waals surface area contributed by atoms with E-state index in [4.69, 9.17) is 0 Å². The molecule has 2 rings (SSSR count). The Hall–Kier alpha value is -2.58. The van der Waals surface area contributed by atoms with E-state index in [1.54, 1.807) is 23.1 Å². The van der Waals surface area contributed by atoms with Crippen molar-refractivity contribution in [1.82, 2.24) is 10.2 Å². The number of nitrogens with zero attached hydrogens (tertiary/aromatic N) is 1. The Bertz CT molecular complexity index is 821. The highest BCUT2D eigenvalue weighted by atomic mass is 32.1. The molecule has 0 radical (unpaired) electrons. The van der Waals surface area contributed by atoms with Crippen LogP contribution in [0.3, 0.4) is 0 Å². The van der Waals surface area contributed by atoms with Gasteiger partial charge in [-0.25, -0.2) is 0 Å². The zero-order valence-electron chi connectivity index (χ0n) is 18.0. The maximum atomic E-state index is 13.3. The summed E-state index contributed by atoms with van der Waals surface area (Å²) < 4.78 is 0. The van der Waals surface area contributed by atoms with Gasteiger partial charge in [-0.3, -0.25) is 9.59 Å². The molecule has 1 aromatic heterocycles. The van der Waals surface area contributed by atoms with Crippen molar-refractivity contribution >= 4 is 23.2 Å². The van der Waals surface area contributed by atoms with E-state index in [-0.39, 0.29) is 23.8 Å². The number of hydrogen-bond acceptors (Lipinski definition) is 3. The molecule has 1 N–H and O–H groups in total. The number of allylic oxidation sites excluding steroid dienone is 4. The molecule has 1 aromatic rings. The molecule has 160 valence electrons. The van der Waals surface area contributed by atoms with Gasteiger partial charge in [-0.1, -0.05) is 70.4 Å². The van der Waals surface area contributed by atoms with Crippen molar-refractivity contribution in [2.45, 2.75) is 58.0 Å². The predicted octanol–water partition coefficient (Wildman–Crippen LogP) is 5.02. The zero-order chi connectivity index (χ0) is 21.9. The van der Waals surface area contributed by atoms with Crippen molar-refractivity contribution in [2.24, 2.45) is 5.92 Å². The summed E-state index contributed by atoms with van der Waals surface area (Å²) in [6, 6.07) is 3.33. The minimum atomic E-state index is -0.674. The quantitative estimate of drug-likeness (QED) is 0.470. The number of carbonyl (C=O) groups excluding carboxylic acids is 2. The molecule has 0 aromatic carbocycles. The summed E-state index contributed by atoms with van der Waals surface area (Å²) in [5.41, 5.74) is 0.613. The number of hydrogen-bond donors (Lipinski definition) is 1. The summed E-state index contributed by atoms with van der Waals surface area (Å²) in [6.07, 6.45) is 10.4. The van der Waals surface area contributed by atoms with E-state index in [0.29, 0.717) is 12.1 Å². The fraction of sp³-hybridized carbons (Fsp3) is 0.440. The summed E-state index contributed by atoms with van der Waals surface area (Å²) >= 11 is 1.49. The summed E-state index contributed by atoms with van der Waals surface area (Å²) in [6.45, 7) is 11.9. The zero-order valence-corrected chi connectivity index (χ0v) is 18.8. The first-order chi connectivity index (χ1) is 14.5. The van der Waals surface area contributed by atoms with Crippen LogP contribution in [0, 0.1) is 17.8 Å². The number of nitrogens with one attached hydrogen (secondary N) is 1. The van der Waals surface area contributed by atoms with Crippen molar-refractivity contribution in [2.75, 3.05) is 6.54 Å². The minimum Gasteiger partial charge on any atom is -0.351 e. The molecule has 5 heteroatoms. The molecule has 1 atom stereocenters. The van der Waals surface area contributed by atoms with E-state index < -0.39 is 6.04 Å². The molecule has 1 aliphatic carbocycles. The Kier molecular flexibility index (Phi) is 9.63. The van der Waals surface area contributed by atoms with E-state index in [1.165, 1.54) is 17.8 Å². The van der Waals surface area contributed by atoms with Gasteiger partial charge in [0.2, 0.25) is 5.91 Å². The maximum Gasteiger partial charge on any atom is 0.299 e. The molecule has 4 nitrogen and oxygen atoms in total. The summed E-state index contributed by atoms with van der Waals surface area (Å²) in [7, 11) is 0. The first-order valence-electron chi connectivity index (χ1n) is 10.6. The maximum absolute atomic E-state index is 13.3. The topological polar surface area (TPSA) is 49.4 Å². The van der Waals surface area contributed by atoms with Gasteiger partial charge >= 0.3 is 0 Å². The fourth-order valence-corrected chi connectivity index (χ4v) is 4.42. The molecular weight excluding hydrogens is 392 g/mol. The lowest BCUT2D eigenvalue weighted by atomic mass is 9.95. The molecule has 30 heavy (non-hydrogen) atoms. The molecule has 1 fully saturated rings. The number of rotatable bonds is 8. The molecule has 1 heterocycles. The number of thiophene rings is 1. The summed E-state index contributed by atoms with van der Waals surface area (Å²) in [4.78, 5) is 28.9. The van der Waals surface area contributed by atoms with E-state index in [9.17, 15) is 9.59 Å². The van der Waals surface area contributed by atoms with E-state index >= 15 is 0 Å². The number of carbonyl (C=O) groups is 2. The Morgan fingerprint density at radius 2 is 2.00 bits per heavy atom. The van der Waals surface area contributed by atoms with Crippen molar-refractivity contribution in [3.05, 3.63) is 59.3 Å². The molecule has 1 aliphatic rings. The highest BCUT2D eigenvalue weighted by Crippen LogP contribution is 2.28. The highest BCUT2D eigenvalue weighted by molar-refractivity contribution is 7.10. The van der Waals surface area contributed by atoms with Crippen LogP contribution in [-0.4, -0.2) is 29.3 Å². The van der Waals surface area contributed by atoms with Crippen molar-refractivity contribution in [3.63, 3.8) is 0 Å². The lowest BCUT2D eigenvalue weighted by molar-refractivity contribution is -0.137. The third kappa shape index (κ3) is 7.03. The smallest absolute Gasteiger partial charge is 0.299 e. The minimum absolute atomic E-state index is 0.120. The lowest BCUT2D eigenvalue weighted by Gasteiger charge is -2.32. The van der Waals surface area contributed by atoms with Gasteiger partial charge in [0, 0.05) is 29.0 Å². The van der Waals surface area contributed by atoms with Crippen molar-refractivity contribution in [1.29, 1.82) is 0 Å². The third-order valence-corrected chi connectivity index (χ3v) is 5.90. The largest absolute Gasteiger partial charge is 0.351 e. The molecule has 0 spiro atoms. The number of amides is 2. The van der Waals surface area contributed by atoms with E-state index in [0.717, 1.165) is 30.6 Å². The first-order valence-corrected chi connectivity index (χ1v) is 11.5. The predicted molar refractivity (Wildman–Crippen MR) is 125 cm³/mol. The SMILES string of the molecule is C=C/C=C(/C#CC(=O)N(CC(C)C)C(C(=O)NC1CCCCC1)c1cccs1)C=C. The highest BCUT2D eigenvalue weighted by Gasteiger charge is 2.33. The lowest BCUT2D eigenvalue weighted by Crippen LogP contribution is -2.47. The second kappa shape index (κ2) is 12.2. The van der Waals surface area contributed by atoms with Crippen LogP contribution >= 0.6 is 11.3 Å². The van der Waals surface area contributed by atoms with Crippen LogP contribution in [0.15, 0.2) is 54.5 Å². The Morgan fingerprint density at radius 3 is 2.57 bits per heavy atom. The van der Waals surface area contributed by atoms with Gasteiger partial charge in [0.15, 0.2) is 0 Å². The Balaban J connectivity index is 2.33. The van der Waals surface area contributed by atoms with Crippen molar-refractivity contribution < 1.29 is 9.59 Å². The first kappa shape index (κ1) is 23.7. The molecular formula is C25H32N2O2S. The molecule has 2 amide bonds. The normalized spacial score (nSPS) is 15.6. The second-order valence-electron chi connectivity index (χ2n) is 7.92. The van der Waals surface area contributed by atoms with Gasteiger partial charge in [0.05, 0.1) is 0 Å². The van der Waals surface area contributed by atoms with Crippen LogP contribution in [0.25, 0.3) is 0 Å². The summed E-state index contributed by atoms with van der Waals surface area (Å²) in [5, 5.41) is 5.13. The van der Waals surface area contributed by atoms with Crippen LogP contribution in [0.2, 0.25) is 0 Å². The van der Waals surface area contributed by atoms with Gasteiger partial charge in [-0.15, -0.1) is 11.3 Å². The molecule has 0 bridgehead atoms. The van der Waals surface area contributed by atoms with Crippen LogP contribution in [0.1, 0.15) is 56.9 Å². The monoisotopic (exact) mass is 424 g/mol. The average Bonchev–Trinajstić information content (AvgIpc) is 3.25. The van der Waals surface area contributed by atoms with Crippen molar-refractivity contribution in [3.8, 4) is 11.8 Å². The molecule has 0 aliphatic heterocycles. The van der Waals surface area contributed by atoms with Crippen LogP contribution < -0.4 is 5.32 Å². The van der Waals surface area contributed by atoms with Gasteiger partial charge in [0.25, 0.3) is 5.91 Å². The molecule has 0 saturated heterocycles. The Morgan fingerprint density at radius 1 is 1.27 bits per heavy atom. The van der Waals surface area contributed by atoms with Crippen LogP contribution in [0.5, 0.6) is 0 Å². The van der Waals surface area contributed by atoms with Gasteiger partial charge < -0.3 is 10.2 Å². The average molecular weight is 425 g/mol. The van der Waals surface area contributed by atoms with Crippen LogP contribution in [-0.2, 0) is 9.59 Å². The fourth-order valence-electron chi connectivity index (χ4n) is 3.58. The summed E-state index contributed by atoms with van der Waals surface area (Å²) in [5.74, 6) is 5.26. The second-order valence-corrected chi connectivity index (χ2v) is 8.90. The molecule has 1 unspecified atom stereocenters. The van der Waals surface area contributed by atoms with Gasteiger partial charge in [-0.05, 0) is 36.3 Å². The Labute approximate surface area is 184 Å².